The van der Waals surface area contributed by atoms with Crippen molar-refractivity contribution in [3.05, 3.63) is 59.7 Å². The first kappa shape index (κ1) is 14.2. The topological polar surface area (TPSA) is 46.1 Å². The van der Waals surface area contributed by atoms with Crippen LogP contribution in [0.1, 0.15) is 35.7 Å². The summed E-state index contributed by atoms with van der Waals surface area (Å²) in [5.74, 6) is 0.550. The Kier molecular flexibility index (Phi) is 4.45. The molecule has 4 nitrogen and oxygen atoms in total. The lowest BCUT2D eigenvalue weighted by atomic mass is 10.1. The molecule has 1 amide bonds. The fourth-order valence-corrected chi connectivity index (χ4v) is 1.99. The zero-order valence-corrected chi connectivity index (χ0v) is 12.1. The fourth-order valence-electron chi connectivity index (χ4n) is 1.99. The van der Waals surface area contributed by atoms with Crippen LogP contribution in [0.25, 0.3) is 0 Å². The molecule has 0 bridgehead atoms. The van der Waals surface area contributed by atoms with Gasteiger partial charge in [0.25, 0.3) is 5.91 Å². The third-order valence-electron chi connectivity index (χ3n) is 3.08. The second-order valence-electron chi connectivity index (χ2n) is 5.00. The summed E-state index contributed by atoms with van der Waals surface area (Å²) in [5, 5.41) is 0. The van der Waals surface area contributed by atoms with E-state index in [2.05, 4.69) is 9.97 Å². The third kappa shape index (κ3) is 3.41. The number of nitrogens with zero attached hydrogens (tertiary/aromatic N) is 3. The van der Waals surface area contributed by atoms with E-state index in [4.69, 9.17) is 0 Å². The molecule has 0 spiro atoms. The number of benzene rings is 1. The number of carbonyl (C=O) groups excluding carboxylic acids is 1. The Morgan fingerprint density at radius 3 is 2.50 bits per heavy atom. The first-order valence-electron chi connectivity index (χ1n) is 6.72. The number of aryl methyl sites for hydroxylation is 1. The van der Waals surface area contributed by atoms with Gasteiger partial charge < -0.3 is 4.90 Å². The van der Waals surface area contributed by atoms with Crippen molar-refractivity contribution < 1.29 is 4.79 Å². The van der Waals surface area contributed by atoms with E-state index in [-0.39, 0.29) is 11.9 Å². The van der Waals surface area contributed by atoms with Gasteiger partial charge in [-0.2, -0.15) is 0 Å². The quantitative estimate of drug-likeness (QED) is 0.857. The van der Waals surface area contributed by atoms with Crippen molar-refractivity contribution in [2.24, 2.45) is 0 Å². The van der Waals surface area contributed by atoms with Crippen molar-refractivity contribution in [2.75, 3.05) is 0 Å². The molecule has 0 aliphatic rings. The Hall–Kier alpha value is -2.23. The molecular weight excluding hydrogens is 250 g/mol. The number of amides is 1. The Labute approximate surface area is 119 Å². The smallest absolute Gasteiger partial charge is 0.273 e. The van der Waals surface area contributed by atoms with Gasteiger partial charge in [0.2, 0.25) is 0 Å². The van der Waals surface area contributed by atoms with Crippen LogP contribution in [-0.4, -0.2) is 26.8 Å². The van der Waals surface area contributed by atoms with Crippen molar-refractivity contribution >= 4 is 5.91 Å². The van der Waals surface area contributed by atoms with E-state index < -0.39 is 0 Å². The van der Waals surface area contributed by atoms with Crippen molar-refractivity contribution in [1.82, 2.24) is 14.9 Å². The van der Waals surface area contributed by atoms with Crippen molar-refractivity contribution in [2.45, 2.75) is 33.4 Å². The lowest BCUT2D eigenvalue weighted by molar-refractivity contribution is 0.0683. The summed E-state index contributed by atoms with van der Waals surface area (Å²) >= 11 is 0. The molecule has 0 atom stereocenters. The average molecular weight is 269 g/mol. The highest BCUT2D eigenvalue weighted by atomic mass is 16.2. The molecule has 0 aliphatic carbocycles. The standard InChI is InChI=1S/C16H19N3O/c1-12(2)19(11-14-7-5-4-6-8-14)16(20)15-9-10-17-13(3)18-15/h4-10,12H,11H2,1-3H3. The van der Waals surface area contributed by atoms with Gasteiger partial charge >= 0.3 is 0 Å². The monoisotopic (exact) mass is 269 g/mol. The number of hydrogen-bond acceptors (Lipinski definition) is 3. The summed E-state index contributed by atoms with van der Waals surface area (Å²) in [4.78, 5) is 22.6. The van der Waals surface area contributed by atoms with E-state index in [1.807, 2.05) is 49.1 Å². The number of rotatable bonds is 4. The first-order valence-corrected chi connectivity index (χ1v) is 6.72. The average Bonchev–Trinajstić information content (AvgIpc) is 2.45. The Balaban J connectivity index is 2.23. The minimum atomic E-state index is -0.0608. The minimum absolute atomic E-state index is 0.0608. The van der Waals surface area contributed by atoms with Crippen LogP contribution in [0, 0.1) is 6.92 Å². The predicted molar refractivity (Wildman–Crippen MR) is 78.2 cm³/mol. The summed E-state index contributed by atoms with van der Waals surface area (Å²) in [7, 11) is 0. The van der Waals surface area contributed by atoms with Crippen LogP contribution >= 0.6 is 0 Å². The number of carbonyl (C=O) groups is 1. The summed E-state index contributed by atoms with van der Waals surface area (Å²) < 4.78 is 0. The Morgan fingerprint density at radius 1 is 1.20 bits per heavy atom. The highest BCUT2D eigenvalue weighted by molar-refractivity contribution is 5.92. The van der Waals surface area contributed by atoms with Crippen LogP contribution in [0.4, 0.5) is 0 Å². The van der Waals surface area contributed by atoms with E-state index in [1.165, 1.54) is 0 Å². The summed E-state index contributed by atoms with van der Waals surface area (Å²) in [6.07, 6.45) is 1.62. The van der Waals surface area contributed by atoms with Crippen molar-refractivity contribution in [3.63, 3.8) is 0 Å². The van der Waals surface area contributed by atoms with Crippen molar-refractivity contribution in [1.29, 1.82) is 0 Å². The summed E-state index contributed by atoms with van der Waals surface area (Å²) in [6, 6.07) is 11.7. The largest absolute Gasteiger partial charge is 0.331 e. The molecule has 0 aliphatic heterocycles. The SMILES string of the molecule is Cc1nccc(C(=O)N(Cc2ccccc2)C(C)C)n1. The van der Waals surface area contributed by atoms with Crippen LogP contribution < -0.4 is 0 Å². The number of hydrogen-bond donors (Lipinski definition) is 0. The van der Waals surface area contributed by atoms with E-state index in [0.29, 0.717) is 18.1 Å². The molecule has 104 valence electrons. The molecule has 0 saturated carbocycles. The van der Waals surface area contributed by atoms with Gasteiger partial charge in [0.15, 0.2) is 0 Å². The van der Waals surface area contributed by atoms with E-state index >= 15 is 0 Å². The van der Waals surface area contributed by atoms with Crippen LogP contribution in [0.3, 0.4) is 0 Å². The zero-order chi connectivity index (χ0) is 14.5. The van der Waals surface area contributed by atoms with Gasteiger partial charge in [0, 0.05) is 18.8 Å². The molecule has 0 N–H and O–H groups in total. The molecule has 20 heavy (non-hydrogen) atoms. The highest BCUT2D eigenvalue weighted by Gasteiger charge is 2.20. The van der Waals surface area contributed by atoms with Crippen LogP contribution in [0.5, 0.6) is 0 Å². The van der Waals surface area contributed by atoms with E-state index in [1.54, 1.807) is 19.2 Å². The second-order valence-corrected chi connectivity index (χ2v) is 5.00. The van der Waals surface area contributed by atoms with E-state index in [9.17, 15) is 4.79 Å². The maximum atomic E-state index is 12.6. The summed E-state index contributed by atoms with van der Waals surface area (Å²) in [5.41, 5.74) is 1.56. The minimum Gasteiger partial charge on any atom is -0.331 e. The number of aromatic nitrogens is 2. The molecule has 1 aromatic heterocycles. The molecule has 4 heteroatoms. The van der Waals surface area contributed by atoms with E-state index in [0.717, 1.165) is 5.56 Å². The maximum Gasteiger partial charge on any atom is 0.273 e. The highest BCUT2D eigenvalue weighted by Crippen LogP contribution is 2.12. The molecule has 2 rings (SSSR count). The van der Waals surface area contributed by atoms with Gasteiger partial charge in [-0.15, -0.1) is 0 Å². The zero-order valence-electron chi connectivity index (χ0n) is 12.1. The normalized spacial score (nSPS) is 10.6. The Morgan fingerprint density at radius 2 is 1.90 bits per heavy atom. The van der Waals surface area contributed by atoms with Crippen LogP contribution in [0.2, 0.25) is 0 Å². The molecule has 0 radical (unpaired) electrons. The molecule has 0 fully saturated rings. The molecule has 0 unspecified atom stereocenters. The maximum absolute atomic E-state index is 12.6. The van der Waals surface area contributed by atoms with Gasteiger partial charge in [0.1, 0.15) is 11.5 Å². The van der Waals surface area contributed by atoms with Gasteiger partial charge in [-0.25, -0.2) is 9.97 Å². The van der Waals surface area contributed by atoms with Crippen LogP contribution in [0.15, 0.2) is 42.6 Å². The lowest BCUT2D eigenvalue weighted by Crippen LogP contribution is -2.37. The van der Waals surface area contributed by atoms with Crippen LogP contribution in [-0.2, 0) is 6.54 Å². The predicted octanol–water partition coefficient (Wildman–Crippen LogP) is 2.84. The first-order chi connectivity index (χ1) is 9.58. The summed E-state index contributed by atoms with van der Waals surface area (Å²) in [6.45, 7) is 6.39. The molecule has 1 aromatic carbocycles. The van der Waals surface area contributed by atoms with Gasteiger partial charge in [-0.3, -0.25) is 4.79 Å². The lowest BCUT2D eigenvalue weighted by Gasteiger charge is -2.26. The molecule has 1 heterocycles. The second kappa shape index (κ2) is 6.28. The molecular formula is C16H19N3O. The van der Waals surface area contributed by atoms with Gasteiger partial charge in [0.05, 0.1) is 0 Å². The van der Waals surface area contributed by atoms with Crippen molar-refractivity contribution in [3.8, 4) is 0 Å². The third-order valence-corrected chi connectivity index (χ3v) is 3.08. The van der Waals surface area contributed by atoms with Gasteiger partial charge in [-0.1, -0.05) is 30.3 Å². The Bertz CT molecular complexity index is 581. The fraction of sp³-hybridized carbons (Fsp3) is 0.312. The molecule has 0 saturated heterocycles. The van der Waals surface area contributed by atoms with Gasteiger partial charge in [-0.05, 0) is 32.4 Å². The molecule has 2 aromatic rings.